The van der Waals surface area contributed by atoms with E-state index >= 15 is 0 Å². The summed E-state index contributed by atoms with van der Waals surface area (Å²) in [5.41, 5.74) is 5.14. The van der Waals surface area contributed by atoms with Crippen molar-refractivity contribution in [2.45, 2.75) is 13.8 Å². The van der Waals surface area contributed by atoms with Crippen LogP contribution < -0.4 is 5.73 Å². The molecule has 0 rings (SSSR count). The van der Waals surface area contributed by atoms with E-state index in [-0.39, 0.29) is 0 Å². The van der Waals surface area contributed by atoms with Crippen LogP contribution in [-0.2, 0) is 4.74 Å². The molecule has 0 atom stereocenters. The standard InChI is InChI=1S/C5H12NO/c1-5(2)7-4-3-6/h3-4,6H2,1-2H3. The topological polar surface area (TPSA) is 35.2 Å². The summed E-state index contributed by atoms with van der Waals surface area (Å²) in [6.45, 7) is 5.07. The Labute approximate surface area is 44.7 Å². The third-order valence-corrected chi connectivity index (χ3v) is 0.509. The highest BCUT2D eigenvalue weighted by atomic mass is 16.5. The van der Waals surface area contributed by atoms with Crippen LogP contribution in [0.5, 0.6) is 0 Å². The van der Waals surface area contributed by atoms with Crippen LogP contribution in [0.15, 0.2) is 0 Å². The number of hydrogen-bond acceptors (Lipinski definition) is 2. The van der Waals surface area contributed by atoms with E-state index in [2.05, 4.69) is 0 Å². The van der Waals surface area contributed by atoms with Gasteiger partial charge in [0, 0.05) is 6.54 Å². The Morgan fingerprint density at radius 3 is 2.29 bits per heavy atom. The molecule has 0 aliphatic rings. The summed E-state index contributed by atoms with van der Waals surface area (Å²) in [7, 11) is 0. The highest BCUT2D eigenvalue weighted by Crippen LogP contribution is 1.93. The van der Waals surface area contributed by atoms with Crippen LogP contribution >= 0.6 is 0 Å². The van der Waals surface area contributed by atoms with Gasteiger partial charge in [0.15, 0.2) is 0 Å². The van der Waals surface area contributed by atoms with Crippen molar-refractivity contribution in [3.63, 3.8) is 0 Å². The second kappa shape index (κ2) is 4.09. The third kappa shape index (κ3) is 5.92. The summed E-state index contributed by atoms with van der Waals surface area (Å²) in [4.78, 5) is 0. The molecule has 0 aromatic heterocycles. The van der Waals surface area contributed by atoms with Crippen LogP contribution in [0.4, 0.5) is 0 Å². The summed E-state index contributed by atoms with van der Waals surface area (Å²) in [6.07, 6.45) is 0.977. The van der Waals surface area contributed by atoms with Crippen LogP contribution in [0.2, 0.25) is 0 Å². The molecule has 0 heterocycles. The van der Waals surface area contributed by atoms with E-state index in [1.807, 2.05) is 13.8 Å². The molecule has 0 spiro atoms. The van der Waals surface area contributed by atoms with E-state index in [4.69, 9.17) is 10.5 Å². The van der Waals surface area contributed by atoms with E-state index in [9.17, 15) is 0 Å². The van der Waals surface area contributed by atoms with Gasteiger partial charge in [-0.25, -0.2) is 0 Å². The second-order valence-corrected chi connectivity index (χ2v) is 1.55. The molecular weight excluding hydrogens is 90.1 g/mol. The maximum atomic E-state index is 5.14. The monoisotopic (exact) mass is 102 g/mol. The van der Waals surface area contributed by atoms with Gasteiger partial charge >= 0.3 is 0 Å². The van der Waals surface area contributed by atoms with Gasteiger partial charge in [0.05, 0.1) is 12.7 Å². The molecule has 0 saturated heterocycles. The van der Waals surface area contributed by atoms with Gasteiger partial charge in [-0.15, -0.1) is 0 Å². The summed E-state index contributed by atoms with van der Waals surface area (Å²) >= 11 is 0. The number of nitrogens with two attached hydrogens (primary N) is 1. The fourth-order valence-electron chi connectivity index (χ4n) is 0.263. The maximum absolute atomic E-state index is 5.14. The van der Waals surface area contributed by atoms with Gasteiger partial charge in [-0.2, -0.15) is 0 Å². The maximum Gasteiger partial charge on any atom is 0.0910 e. The fraction of sp³-hybridized carbons (Fsp3) is 0.800. The molecule has 0 saturated carbocycles. The van der Waals surface area contributed by atoms with E-state index in [1.165, 1.54) is 0 Å². The smallest absolute Gasteiger partial charge is 0.0910 e. The van der Waals surface area contributed by atoms with E-state index in [0.29, 0.717) is 13.2 Å². The zero-order chi connectivity index (χ0) is 5.70. The Morgan fingerprint density at radius 2 is 2.14 bits per heavy atom. The van der Waals surface area contributed by atoms with Crippen molar-refractivity contribution in [2.24, 2.45) is 5.73 Å². The molecule has 0 aromatic carbocycles. The van der Waals surface area contributed by atoms with Crippen molar-refractivity contribution >= 4 is 0 Å². The van der Waals surface area contributed by atoms with E-state index < -0.39 is 0 Å². The zero-order valence-corrected chi connectivity index (χ0v) is 4.90. The molecule has 2 N–H and O–H groups in total. The highest BCUT2D eigenvalue weighted by Gasteiger charge is 1.88. The number of ether oxygens (including phenoxy) is 1. The third-order valence-electron chi connectivity index (χ3n) is 0.509. The molecule has 2 nitrogen and oxygen atoms in total. The van der Waals surface area contributed by atoms with Crippen LogP contribution in [0.3, 0.4) is 0 Å². The highest BCUT2D eigenvalue weighted by molar-refractivity contribution is 4.59. The summed E-state index contributed by atoms with van der Waals surface area (Å²) in [5, 5.41) is 0. The van der Waals surface area contributed by atoms with E-state index in [0.717, 1.165) is 6.10 Å². The van der Waals surface area contributed by atoms with Gasteiger partial charge in [0.2, 0.25) is 0 Å². The quantitative estimate of drug-likeness (QED) is 0.564. The second-order valence-electron chi connectivity index (χ2n) is 1.55. The molecule has 0 unspecified atom stereocenters. The summed E-state index contributed by atoms with van der Waals surface area (Å²) in [5.74, 6) is 0. The van der Waals surface area contributed by atoms with Crippen LogP contribution in [-0.4, -0.2) is 13.2 Å². The molecule has 2 heteroatoms. The zero-order valence-electron chi connectivity index (χ0n) is 4.90. The molecule has 43 valence electrons. The average Bonchev–Trinajstić information content (AvgIpc) is 1.61. The molecule has 0 aliphatic heterocycles. The number of hydrogen-bond donors (Lipinski definition) is 1. The Hall–Kier alpha value is -0.0800. The summed E-state index contributed by atoms with van der Waals surface area (Å²) in [6, 6.07) is 0. The lowest BCUT2D eigenvalue weighted by atomic mass is 10.5. The Bertz CT molecular complexity index is 37.1. The summed E-state index contributed by atoms with van der Waals surface area (Å²) < 4.78 is 4.98. The lowest BCUT2D eigenvalue weighted by Crippen LogP contribution is -2.08. The first-order valence-electron chi connectivity index (χ1n) is 2.40. The fourth-order valence-corrected chi connectivity index (χ4v) is 0.263. The van der Waals surface area contributed by atoms with Gasteiger partial charge in [-0.1, -0.05) is 0 Å². The number of rotatable bonds is 3. The van der Waals surface area contributed by atoms with Crippen molar-refractivity contribution < 1.29 is 4.74 Å². The van der Waals surface area contributed by atoms with Crippen LogP contribution in [0, 0.1) is 6.10 Å². The minimum atomic E-state index is 0.602. The average molecular weight is 102 g/mol. The Morgan fingerprint density at radius 1 is 1.57 bits per heavy atom. The first-order valence-corrected chi connectivity index (χ1v) is 2.40. The predicted octanol–water partition coefficient (Wildman–Crippen LogP) is 0.533. The van der Waals surface area contributed by atoms with E-state index in [1.54, 1.807) is 0 Å². The van der Waals surface area contributed by atoms with Crippen molar-refractivity contribution in [1.82, 2.24) is 0 Å². The molecule has 1 radical (unpaired) electrons. The van der Waals surface area contributed by atoms with Crippen molar-refractivity contribution in [1.29, 1.82) is 0 Å². The molecule has 0 aliphatic carbocycles. The molecule has 7 heavy (non-hydrogen) atoms. The Balaban J connectivity index is 2.68. The van der Waals surface area contributed by atoms with Crippen LogP contribution in [0.1, 0.15) is 13.8 Å². The van der Waals surface area contributed by atoms with Gasteiger partial charge in [0.1, 0.15) is 0 Å². The molecule has 0 fully saturated rings. The van der Waals surface area contributed by atoms with Crippen molar-refractivity contribution in [2.75, 3.05) is 13.2 Å². The molecular formula is C5H12NO. The van der Waals surface area contributed by atoms with Crippen LogP contribution in [0.25, 0.3) is 0 Å². The van der Waals surface area contributed by atoms with Gasteiger partial charge in [-0.05, 0) is 13.8 Å². The minimum absolute atomic E-state index is 0.602. The SMILES string of the molecule is C[C](C)OCCN. The lowest BCUT2D eigenvalue weighted by Gasteiger charge is -2.01. The van der Waals surface area contributed by atoms with Crippen molar-refractivity contribution in [3.05, 3.63) is 6.10 Å². The van der Waals surface area contributed by atoms with Gasteiger partial charge in [0.25, 0.3) is 0 Å². The first kappa shape index (κ1) is 6.92. The minimum Gasteiger partial charge on any atom is -0.371 e. The van der Waals surface area contributed by atoms with Crippen molar-refractivity contribution in [3.8, 4) is 0 Å². The predicted molar refractivity (Wildman–Crippen MR) is 29.6 cm³/mol. The lowest BCUT2D eigenvalue weighted by molar-refractivity contribution is 0.164. The molecule has 0 bridgehead atoms. The largest absolute Gasteiger partial charge is 0.371 e. The Kier molecular flexibility index (Phi) is 4.04. The molecule has 0 amide bonds. The normalized spacial score (nSPS) is 10.3. The van der Waals surface area contributed by atoms with Gasteiger partial charge in [-0.3, -0.25) is 0 Å². The molecule has 0 aromatic rings. The van der Waals surface area contributed by atoms with Gasteiger partial charge < -0.3 is 10.5 Å². The first-order chi connectivity index (χ1) is 3.27.